The lowest BCUT2D eigenvalue weighted by Crippen LogP contribution is -2.26. The molecule has 1 aliphatic rings. The molecule has 0 saturated heterocycles. The highest BCUT2D eigenvalue weighted by molar-refractivity contribution is 6.32. The Kier molecular flexibility index (Phi) is 6.83. The number of aliphatic hydroxyl groups is 1. The Bertz CT molecular complexity index is 576. The maximum atomic E-state index is 11.1. The van der Waals surface area contributed by atoms with Gasteiger partial charge < -0.3 is 15.2 Å². The number of hydrogen-bond donors (Lipinski definition) is 3. The number of carbonyl (C=O) groups excluding carboxylic acids is 1. The maximum Gasteiger partial charge on any atom is 0.240 e. The first kappa shape index (κ1) is 17.7. The van der Waals surface area contributed by atoms with Gasteiger partial charge in [-0.3, -0.25) is 4.79 Å². The number of hydrazone groups is 1. The van der Waals surface area contributed by atoms with Crippen molar-refractivity contribution in [3.05, 3.63) is 28.8 Å². The second kappa shape index (κ2) is 8.86. The van der Waals surface area contributed by atoms with Crippen LogP contribution in [-0.2, 0) is 4.79 Å². The third-order valence-electron chi connectivity index (χ3n) is 3.36. The lowest BCUT2D eigenvalue weighted by molar-refractivity contribution is -0.121. The zero-order valence-corrected chi connectivity index (χ0v) is 13.9. The molecule has 0 unspecified atom stereocenters. The molecule has 0 aromatic heterocycles. The second-order valence-electron chi connectivity index (χ2n) is 5.49. The largest absolute Gasteiger partial charge is 0.492 e. The van der Waals surface area contributed by atoms with Crippen LogP contribution < -0.4 is 15.5 Å². The van der Waals surface area contributed by atoms with Gasteiger partial charge in [0.15, 0.2) is 0 Å². The molecule has 1 aromatic rings. The SMILES string of the molecule is C[C@H](O)CNCCCOc1ccc(C2=NNC(=O)CC2)cc1Cl. The van der Waals surface area contributed by atoms with E-state index in [0.29, 0.717) is 36.8 Å². The molecule has 0 aliphatic carbocycles. The summed E-state index contributed by atoms with van der Waals surface area (Å²) in [6, 6.07) is 5.52. The fraction of sp³-hybridized carbons (Fsp3) is 0.500. The number of nitrogens with zero attached hydrogens (tertiary/aromatic N) is 1. The molecular formula is C16H22ClN3O3. The van der Waals surface area contributed by atoms with Gasteiger partial charge in [0, 0.05) is 19.4 Å². The first-order valence-electron chi connectivity index (χ1n) is 7.73. The van der Waals surface area contributed by atoms with Crippen molar-refractivity contribution in [2.75, 3.05) is 19.7 Å². The van der Waals surface area contributed by atoms with Crippen molar-refractivity contribution in [3.8, 4) is 5.75 Å². The highest BCUT2D eigenvalue weighted by atomic mass is 35.5. The van der Waals surface area contributed by atoms with Crippen molar-refractivity contribution in [1.29, 1.82) is 0 Å². The Labute approximate surface area is 140 Å². The van der Waals surface area contributed by atoms with Crippen LogP contribution in [0.2, 0.25) is 5.02 Å². The minimum atomic E-state index is -0.342. The summed E-state index contributed by atoms with van der Waals surface area (Å²) in [6.07, 6.45) is 1.53. The van der Waals surface area contributed by atoms with Gasteiger partial charge in [0.25, 0.3) is 0 Å². The second-order valence-corrected chi connectivity index (χ2v) is 5.90. The molecule has 1 atom stereocenters. The Hall–Kier alpha value is -1.63. The molecule has 0 spiro atoms. The van der Waals surface area contributed by atoms with E-state index >= 15 is 0 Å². The fourth-order valence-corrected chi connectivity index (χ4v) is 2.41. The number of amides is 1. The molecule has 1 aromatic carbocycles. The highest BCUT2D eigenvalue weighted by Crippen LogP contribution is 2.26. The summed E-state index contributed by atoms with van der Waals surface area (Å²) in [5.74, 6) is 0.565. The van der Waals surface area contributed by atoms with E-state index in [0.717, 1.165) is 24.2 Å². The summed E-state index contributed by atoms with van der Waals surface area (Å²) in [6.45, 7) is 3.64. The van der Waals surface area contributed by atoms with Crippen LogP contribution in [0.25, 0.3) is 0 Å². The Morgan fingerprint density at radius 3 is 2.96 bits per heavy atom. The number of ether oxygens (including phenoxy) is 1. The predicted octanol–water partition coefficient (Wildman–Crippen LogP) is 1.69. The maximum absolute atomic E-state index is 11.1. The summed E-state index contributed by atoms with van der Waals surface area (Å²) in [4.78, 5) is 11.1. The van der Waals surface area contributed by atoms with Crippen LogP contribution in [0.3, 0.4) is 0 Å². The molecule has 3 N–H and O–H groups in total. The van der Waals surface area contributed by atoms with E-state index in [2.05, 4.69) is 15.8 Å². The molecule has 1 heterocycles. The van der Waals surface area contributed by atoms with Gasteiger partial charge in [-0.05, 0) is 43.7 Å². The lowest BCUT2D eigenvalue weighted by atomic mass is 10.0. The molecule has 2 rings (SSSR count). The minimum Gasteiger partial charge on any atom is -0.492 e. The Balaban J connectivity index is 1.81. The van der Waals surface area contributed by atoms with E-state index in [1.165, 1.54) is 0 Å². The summed E-state index contributed by atoms with van der Waals surface area (Å²) in [5, 5.41) is 16.8. The number of nitrogens with one attached hydrogen (secondary N) is 2. The molecule has 6 nitrogen and oxygen atoms in total. The van der Waals surface area contributed by atoms with Crippen LogP contribution in [0.1, 0.15) is 31.7 Å². The summed E-state index contributed by atoms with van der Waals surface area (Å²) in [7, 11) is 0. The van der Waals surface area contributed by atoms with Gasteiger partial charge in [-0.25, -0.2) is 5.43 Å². The third kappa shape index (κ3) is 5.82. The molecule has 1 aliphatic heterocycles. The molecule has 1 amide bonds. The monoisotopic (exact) mass is 339 g/mol. The molecule has 0 radical (unpaired) electrons. The molecule has 23 heavy (non-hydrogen) atoms. The van der Waals surface area contributed by atoms with Crippen LogP contribution in [0.4, 0.5) is 0 Å². The van der Waals surface area contributed by atoms with Gasteiger partial charge in [-0.15, -0.1) is 0 Å². The van der Waals surface area contributed by atoms with Crippen molar-refractivity contribution in [3.63, 3.8) is 0 Å². The van der Waals surface area contributed by atoms with E-state index in [-0.39, 0.29) is 12.0 Å². The van der Waals surface area contributed by atoms with Crippen LogP contribution in [0.15, 0.2) is 23.3 Å². The van der Waals surface area contributed by atoms with Gasteiger partial charge in [0.1, 0.15) is 5.75 Å². The van der Waals surface area contributed by atoms with Crippen LogP contribution in [0.5, 0.6) is 5.75 Å². The highest BCUT2D eigenvalue weighted by Gasteiger charge is 2.14. The Morgan fingerprint density at radius 2 is 2.30 bits per heavy atom. The van der Waals surface area contributed by atoms with Crippen LogP contribution in [-0.4, -0.2) is 42.5 Å². The topological polar surface area (TPSA) is 82.9 Å². The molecule has 7 heteroatoms. The van der Waals surface area contributed by atoms with E-state index < -0.39 is 0 Å². The average Bonchev–Trinajstić information content (AvgIpc) is 2.52. The van der Waals surface area contributed by atoms with E-state index in [4.69, 9.17) is 21.4 Å². The standard InChI is InChI=1S/C16H22ClN3O3/c1-11(21)10-18-7-2-8-23-15-5-3-12(9-13(15)17)14-4-6-16(22)20-19-14/h3,5,9,11,18,21H,2,4,6-8,10H2,1H3,(H,20,22)/t11-/m0/s1. The molecule has 0 saturated carbocycles. The lowest BCUT2D eigenvalue weighted by Gasteiger charge is -2.14. The fourth-order valence-electron chi connectivity index (χ4n) is 2.17. The number of halogens is 1. The number of carbonyl (C=O) groups is 1. The van der Waals surface area contributed by atoms with Gasteiger partial charge in [0.05, 0.1) is 23.4 Å². The van der Waals surface area contributed by atoms with Crippen molar-refractivity contribution >= 4 is 23.2 Å². The number of aliphatic hydroxyl groups excluding tert-OH is 1. The summed E-state index contributed by atoms with van der Waals surface area (Å²) >= 11 is 6.24. The number of benzene rings is 1. The van der Waals surface area contributed by atoms with E-state index in [1.807, 2.05) is 12.1 Å². The minimum absolute atomic E-state index is 0.0657. The van der Waals surface area contributed by atoms with Crippen molar-refractivity contribution in [2.24, 2.45) is 5.10 Å². The van der Waals surface area contributed by atoms with Crippen LogP contribution in [0, 0.1) is 0 Å². The van der Waals surface area contributed by atoms with E-state index in [9.17, 15) is 4.79 Å². The predicted molar refractivity (Wildman–Crippen MR) is 90.0 cm³/mol. The quantitative estimate of drug-likeness (QED) is 0.629. The van der Waals surface area contributed by atoms with Crippen molar-refractivity contribution < 1.29 is 14.6 Å². The van der Waals surface area contributed by atoms with Crippen molar-refractivity contribution in [2.45, 2.75) is 32.3 Å². The molecule has 126 valence electrons. The van der Waals surface area contributed by atoms with Gasteiger partial charge in [-0.2, -0.15) is 5.10 Å². The summed E-state index contributed by atoms with van der Waals surface area (Å²) in [5.41, 5.74) is 4.19. The van der Waals surface area contributed by atoms with Gasteiger partial charge in [-0.1, -0.05) is 11.6 Å². The van der Waals surface area contributed by atoms with Gasteiger partial charge >= 0.3 is 0 Å². The third-order valence-corrected chi connectivity index (χ3v) is 3.66. The smallest absolute Gasteiger partial charge is 0.240 e. The van der Waals surface area contributed by atoms with Crippen molar-refractivity contribution in [1.82, 2.24) is 10.7 Å². The van der Waals surface area contributed by atoms with Crippen LogP contribution >= 0.6 is 11.6 Å². The van der Waals surface area contributed by atoms with Gasteiger partial charge in [0.2, 0.25) is 5.91 Å². The molecular weight excluding hydrogens is 318 g/mol. The number of rotatable bonds is 8. The normalized spacial score (nSPS) is 15.8. The Morgan fingerprint density at radius 1 is 1.48 bits per heavy atom. The molecule has 0 bridgehead atoms. The zero-order chi connectivity index (χ0) is 16.7. The zero-order valence-electron chi connectivity index (χ0n) is 13.1. The summed E-state index contributed by atoms with van der Waals surface area (Å²) < 4.78 is 5.66. The first-order chi connectivity index (χ1) is 11.1. The first-order valence-corrected chi connectivity index (χ1v) is 8.11. The molecule has 0 fully saturated rings. The number of hydrogen-bond acceptors (Lipinski definition) is 5. The average molecular weight is 340 g/mol. The van der Waals surface area contributed by atoms with E-state index in [1.54, 1.807) is 13.0 Å².